The van der Waals surface area contributed by atoms with Crippen molar-refractivity contribution in [1.82, 2.24) is 24.8 Å². The molecule has 17 nitrogen and oxygen atoms in total. The Balaban J connectivity index is 1.55. The topological polar surface area (TPSA) is 233 Å². The number of nitro benzene ring substituents is 1. The maximum Gasteiger partial charge on any atom is 0.331 e. The van der Waals surface area contributed by atoms with Crippen molar-refractivity contribution in [2.24, 2.45) is 0 Å². The van der Waals surface area contributed by atoms with E-state index in [9.17, 15) is 35.0 Å². The lowest BCUT2D eigenvalue weighted by atomic mass is 10.1. The molecule has 0 spiro atoms. The highest BCUT2D eigenvalue weighted by atomic mass is 32.2. The minimum absolute atomic E-state index is 0.000555. The molecule has 6 atom stereocenters. The van der Waals surface area contributed by atoms with Crippen LogP contribution in [-0.2, 0) is 25.1 Å². The van der Waals surface area contributed by atoms with Crippen LogP contribution in [0.25, 0.3) is 11.2 Å². The van der Waals surface area contributed by atoms with Crippen LogP contribution in [0.1, 0.15) is 39.5 Å². The Kier molecular flexibility index (Phi) is 12.0. The number of non-ortho nitro benzene ring substituents is 1. The lowest BCUT2D eigenvalue weighted by Crippen LogP contribution is -2.55. The zero-order chi connectivity index (χ0) is 36.3. The fraction of sp³-hybridized carbons (Fsp3) is 0.567. The average Bonchev–Trinajstić information content (AvgIpc) is 3.58. The lowest BCUT2D eigenvalue weighted by Gasteiger charge is -2.40. The van der Waals surface area contributed by atoms with Crippen molar-refractivity contribution in [3.8, 4) is 0 Å². The molecule has 0 unspecified atom stereocenters. The first-order valence-corrected chi connectivity index (χ1v) is 19.7. The summed E-state index contributed by atoms with van der Waals surface area (Å²) in [6.45, 7) is 11.3. The number of hydrogen-bond acceptors (Lipinski definition) is 14. The number of fused-ring (bicyclic) bond motifs is 1. The minimum atomic E-state index is -2.41. The molecule has 3 aromatic rings. The third-order valence-electron chi connectivity index (χ3n) is 8.69. The number of rotatable bonds is 13. The standard InChI is InChI=1S/C30H43N7O10SSi/c1-16(47-49(6,7)30(2,3)4)20(27(41)45-13-12-17-8-10-18(11-9-17)37(43)44)32-28(42)33-24-21-25(35-29(34-24)48-5)36(15-31-21)26-23(40)22(39)19(14-38)46-26/h8-11,15-16,19-20,22-23,26,38-40H,12-14H2,1-7H3,(H2,32,33,34,35,42)/t16-,19-,20+,22-,23-,26-/m1/s1. The summed E-state index contributed by atoms with van der Waals surface area (Å²) >= 11 is 1.18. The quantitative estimate of drug-likeness (QED) is 0.0427. The van der Waals surface area contributed by atoms with Gasteiger partial charge in [0, 0.05) is 18.6 Å². The summed E-state index contributed by atoms with van der Waals surface area (Å²) in [6.07, 6.45) is -2.36. The van der Waals surface area contributed by atoms with Gasteiger partial charge in [0.2, 0.25) is 0 Å². The minimum Gasteiger partial charge on any atom is -0.464 e. The number of amides is 2. The van der Waals surface area contributed by atoms with Crippen LogP contribution in [0.3, 0.4) is 0 Å². The second-order valence-electron chi connectivity index (χ2n) is 13.1. The van der Waals surface area contributed by atoms with Gasteiger partial charge in [-0.15, -0.1) is 0 Å². The number of imidazole rings is 1. The Morgan fingerprint density at radius 2 is 1.86 bits per heavy atom. The second-order valence-corrected chi connectivity index (χ2v) is 18.6. The Bertz CT molecular complexity index is 1650. The monoisotopic (exact) mass is 721 g/mol. The smallest absolute Gasteiger partial charge is 0.331 e. The van der Waals surface area contributed by atoms with Gasteiger partial charge in [0.25, 0.3) is 5.69 Å². The van der Waals surface area contributed by atoms with E-state index < -0.39 is 68.5 Å². The first-order valence-electron chi connectivity index (χ1n) is 15.5. The molecule has 268 valence electrons. The van der Waals surface area contributed by atoms with Crippen LogP contribution in [0.15, 0.2) is 35.7 Å². The van der Waals surface area contributed by atoms with Crippen molar-refractivity contribution in [3.63, 3.8) is 0 Å². The highest BCUT2D eigenvalue weighted by molar-refractivity contribution is 7.98. The summed E-state index contributed by atoms with van der Waals surface area (Å²) < 4.78 is 19.0. The van der Waals surface area contributed by atoms with Gasteiger partial charge in [-0.05, 0) is 36.9 Å². The van der Waals surface area contributed by atoms with Gasteiger partial charge in [0.15, 0.2) is 42.7 Å². The molecule has 5 N–H and O–H groups in total. The van der Waals surface area contributed by atoms with Crippen LogP contribution >= 0.6 is 11.8 Å². The fourth-order valence-corrected chi connectivity index (χ4v) is 6.66. The number of nitrogens with one attached hydrogen (secondary N) is 2. The fourth-order valence-electron chi connectivity index (χ4n) is 4.88. The van der Waals surface area contributed by atoms with Crippen LogP contribution in [-0.4, -0.2) is 110 Å². The van der Waals surface area contributed by atoms with Gasteiger partial charge in [0.1, 0.15) is 18.3 Å². The Hall–Kier alpha value is -3.72. The number of carbonyl (C=O) groups is 2. The van der Waals surface area contributed by atoms with Crippen LogP contribution in [0, 0.1) is 10.1 Å². The van der Waals surface area contributed by atoms with Gasteiger partial charge in [-0.3, -0.25) is 20.0 Å². The van der Waals surface area contributed by atoms with Gasteiger partial charge < -0.3 is 34.5 Å². The van der Waals surface area contributed by atoms with Crippen molar-refractivity contribution in [2.45, 2.75) is 94.1 Å². The van der Waals surface area contributed by atoms with E-state index in [2.05, 4.69) is 25.6 Å². The van der Waals surface area contributed by atoms with Crippen molar-refractivity contribution in [3.05, 3.63) is 46.3 Å². The Morgan fingerprint density at radius 3 is 2.43 bits per heavy atom. The second kappa shape index (κ2) is 15.4. The van der Waals surface area contributed by atoms with E-state index in [-0.39, 0.29) is 45.9 Å². The Labute approximate surface area is 288 Å². The number of anilines is 1. The van der Waals surface area contributed by atoms with Crippen LogP contribution in [0.4, 0.5) is 16.3 Å². The van der Waals surface area contributed by atoms with E-state index in [0.29, 0.717) is 0 Å². The van der Waals surface area contributed by atoms with Crippen molar-refractivity contribution >= 4 is 54.7 Å². The molecule has 1 aromatic carbocycles. The SMILES string of the molecule is CSc1nc(NC(=O)N[C@H](C(=O)OCCc2ccc([N+](=O)[O-])cc2)[C@@H](C)O[Si](C)(C)C(C)(C)C)c2ncn([C@@H]3O[C@H](CO)[C@@H](O)[C@H]3O)c2n1. The molecule has 1 aliphatic heterocycles. The van der Waals surface area contributed by atoms with E-state index in [1.54, 1.807) is 25.3 Å². The number of thioether (sulfide) groups is 1. The normalized spacial score (nSPS) is 20.9. The van der Waals surface area contributed by atoms with E-state index in [0.717, 1.165) is 5.56 Å². The number of benzene rings is 1. The number of nitro groups is 1. The first-order chi connectivity index (χ1) is 23.0. The summed E-state index contributed by atoms with van der Waals surface area (Å²) in [6, 6.07) is 3.86. The molecule has 3 heterocycles. The molecule has 0 aliphatic carbocycles. The number of carbonyl (C=O) groups excluding carboxylic acids is 2. The summed E-state index contributed by atoms with van der Waals surface area (Å²) in [5.41, 5.74) is 0.989. The molecular formula is C30H43N7O10SSi. The van der Waals surface area contributed by atoms with Gasteiger partial charge in [-0.25, -0.2) is 24.5 Å². The summed E-state index contributed by atoms with van der Waals surface area (Å²) in [5, 5.41) is 46.7. The number of urea groups is 1. The van der Waals surface area contributed by atoms with E-state index in [1.807, 2.05) is 33.9 Å². The number of aromatic nitrogens is 4. The summed E-state index contributed by atoms with van der Waals surface area (Å²) in [7, 11) is -2.41. The number of nitrogens with zero attached hydrogens (tertiary/aromatic N) is 5. The molecule has 0 bridgehead atoms. The van der Waals surface area contributed by atoms with E-state index in [4.69, 9.17) is 13.9 Å². The van der Waals surface area contributed by atoms with Crippen LogP contribution in [0.5, 0.6) is 0 Å². The van der Waals surface area contributed by atoms with Gasteiger partial charge in [-0.1, -0.05) is 44.7 Å². The van der Waals surface area contributed by atoms with Crippen molar-refractivity contribution in [2.75, 3.05) is 24.8 Å². The summed E-state index contributed by atoms with van der Waals surface area (Å²) in [4.78, 5) is 50.6. The van der Waals surface area contributed by atoms with Gasteiger partial charge in [0.05, 0.1) is 30.6 Å². The van der Waals surface area contributed by atoms with Gasteiger partial charge >= 0.3 is 12.0 Å². The average molecular weight is 722 g/mol. The maximum atomic E-state index is 13.5. The highest BCUT2D eigenvalue weighted by Crippen LogP contribution is 2.38. The number of ether oxygens (including phenoxy) is 2. The van der Waals surface area contributed by atoms with Crippen LogP contribution < -0.4 is 10.6 Å². The molecule has 1 fully saturated rings. The van der Waals surface area contributed by atoms with Crippen LogP contribution in [0.2, 0.25) is 18.1 Å². The molecule has 2 aromatic heterocycles. The molecule has 4 rings (SSSR count). The predicted molar refractivity (Wildman–Crippen MR) is 182 cm³/mol. The highest BCUT2D eigenvalue weighted by Gasteiger charge is 2.44. The number of esters is 1. The number of aliphatic hydroxyl groups excluding tert-OH is 3. The molecular weight excluding hydrogens is 679 g/mol. The molecule has 1 aliphatic rings. The van der Waals surface area contributed by atoms with E-state index in [1.165, 1.54) is 34.8 Å². The summed E-state index contributed by atoms with van der Waals surface area (Å²) in [5.74, 6) is -0.741. The molecule has 0 radical (unpaired) electrons. The predicted octanol–water partition coefficient (Wildman–Crippen LogP) is 2.75. The van der Waals surface area contributed by atoms with Gasteiger partial charge in [-0.2, -0.15) is 0 Å². The zero-order valence-electron chi connectivity index (χ0n) is 28.3. The maximum absolute atomic E-state index is 13.5. The molecule has 0 saturated carbocycles. The zero-order valence-corrected chi connectivity index (χ0v) is 30.1. The largest absolute Gasteiger partial charge is 0.464 e. The van der Waals surface area contributed by atoms with Crippen molar-refractivity contribution < 1.29 is 43.7 Å². The van der Waals surface area contributed by atoms with Crippen molar-refractivity contribution in [1.29, 1.82) is 0 Å². The Morgan fingerprint density at radius 1 is 1.18 bits per heavy atom. The van der Waals surface area contributed by atoms with E-state index >= 15 is 0 Å². The first kappa shape index (κ1) is 38.1. The third-order valence-corrected chi connectivity index (χ3v) is 13.8. The molecule has 19 heteroatoms. The lowest BCUT2D eigenvalue weighted by molar-refractivity contribution is -0.384. The third kappa shape index (κ3) is 8.72. The molecule has 49 heavy (non-hydrogen) atoms. The number of aliphatic hydroxyl groups is 3. The number of hydrogen-bond donors (Lipinski definition) is 5. The molecule has 1 saturated heterocycles. The molecule has 2 amide bonds.